The first kappa shape index (κ1) is 12.2. The van der Waals surface area contributed by atoms with Crippen molar-refractivity contribution in [1.29, 1.82) is 0 Å². The summed E-state index contributed by atoms with van der Waals surface area (Å²) in [6.45, 7) is 1.27. The van der Waals surface area contributed by atoms with Gasteiger partial charge in [-0.1, -0.05) is 12.6 Å². The Labute approximate surface area is 101 Å². The fourth-order valence-corrected chi connectivity index (χ4v) is 0.369. The van der Waals surface area contributed by atoms with Gasteiger partial charge in [0.05, 0.1) is 0 Å². The second-order valence-electron chi connectivity index (χ2n) is 0.860. The van der Waals surface area contributed by atoms with Gasteiger partial charge in [-0.05, 0) is 12.2 Å². The molecule has 5 heteroatoms. The number of thiol groups is 1. The van der Waals surface area contributed by atoms with Crippen LogP contribution in [-0.2, 0) is 9.53 Å². The van der Waals surface area contributed by atoms with E-state index in [-0.39, 0.29) is 55.8 Å². The normalized spacial score (nSPS) is 6.75. The average molecular weight is 176 g/mol. The number of hydrogen-bond acceptors (Lipinski definition) is 3. The Morgan fingerprint density at radius 3 is 2.12 bits per heavy atom. The molecule has 0 heterocycles. The monoisotopic (exact) mass is 176 g/mol. The number of carbonyl (C=O) groups excluding carboxylic acids is 1. The molecule has 0 spiro atoms. The molecule has 2 nitrogen and oxygen atoms in total. The Morgan fingerprint density at radius 1 is 1.75 bits per heavy atom. The van der Waals surface area contributed by atoms with Gasteiger partial charge in [-0.25, -0.2) is 0 Å². The van der Waals surface area contributed by atoms with Crippen LogP contribution in [0, 0.1) is 0 Å². The van der Waals surface area contributed by atoms with Crippen molar-refractivity contribution >= 4 is 86.6 Å². The molecule has 0 aromatic rings. The zero-order valence-corrected chi connectivity index (χ0v) is 5.38. The molecule has 0 aliphatic rings. The van der Waals surface area contributed by atoms with Gasteiger partial charge in [0, 0.05) is 6.92 Å². The van der Waals surface area contributed by atoms with E-state index in [0.29, 0.717) is 0 Å². The third kappa shape index (κ3) is 10.5. The molecule has 0 amide bonds. The van der Waals surface area contributed by atoms with Crippen molar-refractivity contribution in [1.82, 2.24) is 0 Å². The molecule has 0 radical (unpaired) electrons. The van der Waals surface area contributed by atoms with Crippen LogP contribution in [0.15, 0.2) is 0 Å². The molecular weight excluding hydrogens is 171 g/mol. The minimum atomic E-state index is -0.431. The van der Waals surface area contributed by atoms with Gasteiger partial charge in [-0.3, -0.25) is 4.79 Å². The van der Waals surface area contributed by atoms with Crippen LogP contribution in [0.2, 0.25) is 0 Å². The van der Waals surface area contributed by atoms with E-state index >= 15 is 0 Å². The van der Waals surface area contributed by atoms with E-state index in [9.17, 15) is 4.79 Å². The van der Waals surface area contributed by atoms with Gasteiger partial charge in [0.25, 0.3) is 0 Å². The molecule has 8 heavy (non-hydrogen) atoms. The van der Waals surface area contributed by atoms with Crippen molar-refractivity contribution < 1.29 is 9.53 Å². The number of rotatable bonds is 0. The van der Waals surface area contributed by atoms with Gasteiger partial charge in [-0.2, -0.15) is 0 Å². The summed E-state index contributed by atoms with van der Waals surface area (Å²) in [5, 5.41) is 0. The predicted octanol–water partition coefficient (Wildman–Crippen LogP) is 0.116. The molecule has 0 aromatic carbocycles. The van der Waals surface area contributed by atoms with Crippen LogP contribution in [0.1, 0.15) is 6.92 Å². The summed E-state index contributed by atoms with van der Waals surface area (Å²) in [4.78, 5) is 9.90. The van der Waals surface area contributed by atoms with Crippen LogP contribution < -0.4 is 0 Å². The summed E-state index contributed by atoms with van der Waals surface area (Å²) in [7, 11) is 0. The number of carbonyl (C=O) groups is 1. The molecule has 0 saturated carbocycles. The molecule has 0 aliphatic heterocycles. The first-order valence-corrected chi connectivity index (χ1v) is 2.40. The summed E-state index contributed by atoms with van der Waals surface area (Å²) >= 11 is 7.82. The molecule has 0 N–H and O–H groups in total. The fraction of sp³-hybridized carbons (Fsp3) is 0.333. The van der Waals surface area contributed by atoms with Crippen molar-refractivity contribution in [2.45, 2.75) is 6.92 Å². The Morgan fingerprint density at radius 2 is 2.12 bits per heavy atom. The third-order valence-electron chi connectivity index (χ3n) is 0.231. The van der Waals surface area contributed by atoms with Crippen LogP contribution in [-0.4, -0.2) is 61.7 Å². The minimum absolute atomic E-state index is 0. The van der Waals surface area contributed by atoms with E-state index < -0.39 is 5.97 Å². The van der Waals surface area contributed by atoms with Gasteiger partial charge in [0.15, 0.2) is 0 Å². The first-order valence-electron chi connectivity index (χ1n) is 1.54. The van der Waals surface area contributed by atoms with Gasteiger partial charge >= 0.3 is 57.4 Å². The quantitative estimate of drug-likeness (QED) is 0.246. The number of hydrogen-bond donors (Lipinski definition) is 1. The van der Waals surface area contributed by atoms with Crippen LogP contribution in [0.5, 0.6) is 0 Å². The molecule has 42 valence electrons. The summed E-state index contributed by atoms with van der Waals surface area (Å²) in [6, 6.07) is 0. The van der Waals surface area contributed by atoms with E-state index in [0.717, 1.165) is 0 Å². The zero-order valence-electron chi connectivity index (χ0n) is 3.67. The zero-order chi connectivity index (χ0) is 5.86. The molecule has 0 aromatic heterocycles. The summed E-state index contributed by atoms with van der Waals surface area (Å²) in [5.74, 6) is -0.431. The number of ether oxygens (including phenoxy) is 1. The van der Waals surface area contributed by atoms with E-state index in [1.165, 1.54) is 6.92 Å². The van der Waals surface area contributed by atoms with Crippen molar-refractivity contribution in [2.75, 3.05) is 0 Å². The topological polar surface area (TPSA) is 26.3 Å². The standard InChI is InChI=1S/C3H4O2S2.K.H/c1-2(4)5-3(6)7;;/h1H3,(H,6,7);;. The second-order valence-corrected chi connectivity index (χ2v) is 1.94. The molecule has 0 saturated heterocycles. The molecule has 0 unspecified atom stereocenters. The van der Waals surface area contributed by atoms with Crippen LogP contribution in [0.3, 0.4) is 0 Å². The molecule has 0 aliphatic carbocycles. The van der Waals surface area contributed by atoms with Crippen molar-refractivity contribution in [3.8, 4) is 0 Å². The molecular formula is C3H5KO2S2. The Kier molecular flexibility index (Phi) is 10.2. The summed E-state index contributed by atoms with van der Waals surface area (Å²) in [6.07, 6.45) is 0. The van der Waals surface area contributed by atoms with Crippen LogP contribution >= 0.6 is 24.8 Å². The van der Waals surface area contributed by atoms with Crippen LogP contribution in [0.25, 0.3) is 0 Å². The van der Waals surface area contributed by atoms with Crippen molar-refractivity contribution in [3.05, 3.63) is 0 Å². The molecule has 0 atom stereocenters. The molecule has 0 rings (SSSR count). The first-order chi connectivity index (χ1) is 3.13. The summed E-state index contributed by atoms with van der Waals surface area (Å²) in [5.41, 5.74) is 0. The van der Waals surface area contributed by atoms with Gasteiger partial charge in [-0.15, -0.1) is 0 Å². The molecule has 0 bridgehead atoms. The van der Waals surface area contributed by atoms with Gasteiger partial charge in [0.1, 0.15) is 0 Å². The van der Waals surface area contributed by atoms with Gasteiger partial charge in [0.2, 0.25) is 4.38 Å². The van der Waals surface area contributed by atoms with Crippen molar-refractivity contribution in [2.24, 2.45) is 0 Å². The third-order valence-corrected chi connectivity index (χ3v) is 0.406. The Hall–Kier alpha value is 1.55. The number of esters is 1. The SMILES string of the molecule is CC(=O)OC(=S)S.[KH]. The summed E-state index contributed by atoms with van der Waals surface area (Å²) < 4.78 is 4.17. The predicted molar refractivity (Wildman–Crippen MR) is 40.5 cm³/mol. The van der Waals surface area contributed by atoms with E-state index in [1.807, 2.05) is 0 Å². The van der Waals surface area contributed by atoms with E-state index in [1.54, 1.807) is 0 Å². The van der Waals surface area contributed by atoms with Crippen LogP contribution in [0.4, 0.5) is 0 Å². The molecule has 0 fully saturated rings. The van der Waals surface area contributed by atoms with Crippen molar-refractivity contribution in [3.63, 3.8) is 0 Å². The maximum atomic E-state index is 9.90. The van der Waals surface area contributed by atoms with E-state index in [4.69, 9.17) is 0 Å². The number of thiocarbonyl (C=S) groups is 1. The second kappa shape index (κ2) is 6.66. The Bertz CT molecular complexity index is 91.5. The average Bonchev–Trinajstić information content (AvgIpc) is 1.27. The fourth-order valence-electron chi connectivity index (χ4n) is 0.123. The maximum absolute atomic E-state index is 9.90. The van der Waals surface area contributed by atoms with E-state index in [2.05, 4.69) is 29.6 Å². The van der Waals surface area contributed by atoms with Gasteiger partial charge < -0.3 is 4.74 Å². The Balaban J connectivity index is 0.